The van der Waals surface area contributed by atoms with E-state index in [2.05, 4.69) is 9.97 Å². The minimum Gasteiger partial charge on any atom is -0.296 e. The molecule has 4 heteroatoms. The van der Waals surface area contributed by atoms with Crippen LogP contribution in [0, 0.1) is 3.70 Å². The maximum absolute atomic E-state index is 10.6. The highest BCUT2D eigenvalue weighted by Crippen LogP contribution is 2.12. The lowest BCUT2D eigenvalue weighted by atomic mass is 10.3. The van der Waals surface area contributed by atoms with E-state index in [1.54, 1.807) is 0 Å². The second kappa shape index (κ2) is 3.37. The van der Waals surface area contributed by atoms with Crippen molar-refractivity contribution in [3.05, 3.63) is 33.7 Å². The van der Waals surface area contributed by atoms with Gasteiger partial charge in [0.05, 0.1) is 11.0 Å². The molecular weight excluding hydrogens is 279 g/mol. The van der Waals surface area contributed by atoms with Crippen molar-refractivity contribution in [1.82, 2.24) is 9.97 Å². The number of aromatic nitrogens is 2. The Morgan fingerprint density at radius 2 is 1.77 bits per heavy atom. The number of carbonyl (C=O) groups excluding carboxylic acids is 1. The lowest BCUT2D eigenvalue weighted by molar-refractivity contribution is 0.111. The number of halogens is 1. The molecule has 1 aromatic carbocycles. The largest absolute Gasteiger partial charge is 0.296 e. The normalized spacial score (nSPS) is 10.2. The van der Waals surface area contributed by atoms with Gasteiger partial charge in [0.2, 0.25) is 0 Å². The van der Waals surface area contributed by atoms with Gasteiger partial charge < -0.3 is 0 Å². The Morgan fingerprint density at radius 3 is 2.38 bits per heavy atom. The Hall–Kier alpha value is -1.04. The number of para-hydroxylation sites is 2. The van der Waals surface area contributed by atoms with E-state index in [9.17, 15) is 4.79 Å². The van der Waals surface area contributed by atoms with Gasteiger partial charge in [-0.1, -0.05) is 12.1 Å². The molecule has 2 rings (SSSR count). The molecular formula is C9H5IN2O. The molecule has 0 spiro atoms. The molecule has 0 aliphatic carbocycles. The molecule has 0 amide bonds. The van der Waals surface area contributed by atoms with Crippen LogP contribution in [0.5, 0.6) is 0 Å². The van der Waals surface area contributed by atoms with Crippen molar-refractivity contribution in [2.75, 3.05) is 0 Å². The zero-order valence-electron chi connectivity index (χ0n) is 6.57. The topological polar surface area (TPSA) is 42.9 Å². The van der Waals surface area contributed by atoms with E-state index in [1.807, 2.05) is 46.9 Å². The average molecular weight is 284 g/mol. The van der Waals surface area contributed by atoms with Crippen LogP contribution in [0.2, 0.25) is 0 Å². The van der Waals surface area contributed by atoms with Crippen molar-refractivity contribution in [1.29, 1.82) is 0 Å². The summed E-state index contributed by atoms with van der Waals surface area (Å²) in [5.74, 6) is 0. The SMILES string of the molecule is O=Cc1nc2ccccc2nc1I. The molecule has 1 heterocycles. The van der Waals surface area contributed by atoms with Crippen LogP contribution in [0.15, 0.2) is 24.3 Å². The molecule has 13 heavy (non-hydrogen) atoms. The van der Waals surface area contributed by atoms with E-state index in [-0.39, 0.29) is 0 Å². The highest BCUT2D eigenvalue weighted by Gasteiger charge is 2.03. The third kappa shape index (κ3) is 1.53. The summed E-state index contributed by atoms with van der Waals surface area (Å²) in [7, 11) is 0. The summed E-state index contributed by atoms with van der Waals surface area (Å²) in [6.07, 6.45) is 0.723. The van der Waals surface area contributed by atoms with Crippen LogP contribution >= 0.6 is 22.6 Å². The fourth-order valence-corrected chi connectivity index (χ4v) is 1.57. The molecule has 2 aromatic rings. The van der Waals surface area contributed by atoms with Crippen molar-refractivity contribution >= 4 is 39.9 Å². The number of fused-ring (bicyclic) bond motifs is 1. The molecule has 1 aromatic heterocycles. The monoisotopic (exact) mass is 284 g/mol. The molecule has 0 fully saturated rings. The van der Waals surface area contributed by atoms with Crippen molar-refractivity contribution in [2.24, 2.45) is 0 Å². The standard InChI is InChI=1S/C9H5IN2O/c10-9-8(5-13)11-6-3-1-2-4-7(6)12-9/h1-5H. The second-order valence-electron chi connectivity index (χ2n) is 2.51. The van der Waals surface area contributed by atoms with Crippen LogP contribution in [0.25, 0.3) is 11.0 Å². The van der Waals surface area contributed by atoms with Crippen LogP contribution in [-0.4, -0.2) is 16.3 Å². The fraction of sp³-hybridized carbons (Fsp3) is 0. The Bertz CT molecular complexity index is 470. The van der Waals surface area contributed by atoms with E-state index in [1.165, 1.54) is 0 Å². The quantitative estimate of drug-likeness (QED) is 0.594. The van der Waals surface area contributed by atoms with Gasteiger partial charge in [0.15, 0.2) is 6.29 Å². The summed E-state index contributed by atoms with van der Waals surface area (Å²) in [5, 5.41) is 0. The fourth-order valence-electron chi connectivity index (χ4n) is 1.07. The summed E-state index contributed by atoms with van der Waals surface area (Å²) in [5.41, 5.74) is 1.97. The zero-order valence-corrected chi connectivity index (χ0v) is 8.72. The van der Waals surface area contributed by atoms with Crippen LogP contribution in [-0.2, 0) is 0 Å². The summed E-state index contributed by atoms with van der Waals surface area (Å²) < 4.78 is 0.645. The molecule has 0 aliphatic heterocycles. The minimum atomic E-state index is 0.402. The summed E-state index contributed by atoms with van der Waals surface area (Å²) in [6.45, 7) is 0. The Labute approximate surface area is 88.3 Å². The number of nitrogens with zero attached hydrogens (tertiary/aromatic N) is 2. The third-order valence-electron chi connectivity index (χ3n) is 1.66. The van der Waals surface area contributed by atoms with Gasteiger partial charge in [-0.15, -0.1) is 0 Å². The molecule has 0 aliphatic rings. The van der Waals surface area contributed by atoms with Crippen LogP contribution in [0.1, 0.15) is 10.5 Å². The van der Waals surface area contributed by atoms with Gasteiger partial charge in [-0.3, -0.25) is 4.79 Å². The van der Waals surface area contributed by atoms with Crippen LogP contribution in [0.4, 0.5) is 0 Å². The first-order valence-corrected chi connectivity index (χ1v) is 4.76. The number of benzene rings is 1. The predicted molar refractivity (Wildman–Crippen MR) is 57.6 cm³/mol. The highest BCUT2D eigenvalue weighted by molar-refractivity contribution is 14.1. The summed E-state index contributed by atoms with van der Waals surface area (Å²) in [4.78, 5) is 19.0. The highest BCUT2D eigenvalue weighted by atomic mass is 127. The molecule has 0 atom stereocenters. The molecule has 0 saturated carbocycles. The van der Waals surface area contributed by atoms with Crippen molar-refractivity contribution in [3.8, 4) is 0 Å². The molecule has 3 nitrogen and oxygen atoms in total. The van der Waals surface area contributed by atoms with Crippen molar-refractivity contribution < 1.29 is 4.79 Å². The van der Waals surface area contributed by atoms with Gasteiger partial charge in [0.1, 0.15) is 9.39 Å². The van der Waals surface area contributed by atoms with Gasteiger partial charge in [-0.2, -0.15) is 0 Å². The van der Waals surface area contributed by atoms with Crippen molar-refractivity contribution in [3.63, 3.8) is 0 Å². The first-order chi connectivity index (χ1) is 6.31. The molecule has 0 saturated heterocycles. The van der Waals surface area contributed by atoms with E-state index >= 15 is 0 Å². The van der Waals surface area contributed by atoms with Gasteiger partial charge in [0.25, 0.3) is 0 Å². The first kappa shape index (κ1) is 8.55. The van der Waals surface area contributed by atoms with Gasteiger partial charge in [-0.05, 0) is 34.7 Å². The van der Waals surface area contributed by atoms with Crippen molar-refractivity contribution in [2.45, 2.75) is 0 Å². The van der Waals surface area contributed by atoms with E-state index in [0.717, 1.165) is 17.3 Å². The van der Waals surface area contributed by atoms with E-state index in [4.69, 9.17) is 0 Å². The maximum atomic E-state index is 10.6. The zero-order chi connectivity index (χ0) is 9.26. The Morgan fingerprint density at radius 1 is 1.15 bits per heavy atom. The lowest BCUT2D eigenvalue weighted by Crippen LogP contribution is -1.96. The molecule has 0 N–H and O–H groups in total. The minimum absolute atomic E-state index is 0.402. The van der Waals surface area contributed by atoms with Crippen LogP contribution < -0.4 is 0 Å². The Kier molecular flexibility index (Phi) is 2.22. The molecule has 0 radical (unpaired) electrons. The third-order valence-corrected chi connectivity index (χ3v) is 2.46. The number of rotatable bonds is 1. The second-order valence-corrected chi connectivity index (χ2v) is 3.53. The number of carbonyl (C=O) groups is 1. The number of aldehydes is 1. The molecule has 0 unspecified atom stereocenters. The average Bonchev–Trinajstić information content (AvgIpc) is 2.17. The smallest absolute Gasteiger partial charge is 0.171 e. The summed E-state index contributed by atoms with van der Waals surface area (Å²) in [6, 6.07) is 7.48. The summed E-state index contributed by atoms with van der Waals surface area (Å²) >= 11 is 2.00. The molecule has 64 valence electrons. The first-order valence-electron chi connectivity index (χ1n) is 3.69. The number of hydrogen-bond acceptors (Lipinski definition) is 3. The Balaban J connectivity index is 2.81. The van der Waals surface area contributed by atoms with Crippen LogP contribution in [0.3, 0.4) is 0 Å². The lowest BCUT2D eigenvalue weighted by Gasteiger charge is -1.98. The van der Waals surface area contributed by atoms with Gasteiger partial charge in [0, 0.05) is 0 Å². The van der Waals surface area contributed by atoms with Gasteiger partial charge in [-0.25, -0.2) is 9.97 Å². The van der Waals surface area contributed by atoms with E-state index in [0.29, 0.717) is 9.39 Å². The number of hydrogen-bond donors (Lipinski definition) is 0. The van der Waals surface area contributed by atoms with E-state index < -0.39 is 0 Å². The molecule has 0 bridgehead atoms. The predicted octanol–water partition coefficient (Wildman–Crippen LogP) is 2.05. The van der Waals surface area contributed by atoms with Gasteiger partial charge >= 0.3 is 0 Å². The maximum Gasteiger partial charge on any atom is 0.171 e.